The number of hydrogen-bond acceptors (Lipinski definition) is 4. The van der Waals surface area contributed by atoms with Gasteiger partial charge in [0.15, 0.2) is 0 Å². The molecule has 3 rings (SSSR count). The van der Waals surface area contributed by atoms with Crippen LogP contribution in [0.5, 0.6) is 11.6 Å². The van der Waals surface area contributed by atoms with Crippen molar-refractivity contribution >= 4 is 5.91 Å². The summed E-state index contributed by atoms with van der Waals surface area (Å²) < 4.78 is 20.6. The van der Waals surface area contributed by atoms with Crippen LogP contribution in [0.25, 0.3) is 0 Å². The van der Waals surface area contributed by atoms with E-state index in [1.165, 1.54) is 18.3 Å². The molecule has 0 spiro atoms. The Kier molecular flexibility index (Phi) is 4.74. The van der Waals surface area contributed by atoms with Crippen LogP contribution in [0.3, 0.4) is 0 Å². The molecule has 0 aliphatic carbocycles. The normalized spacial score (nSPS) is 10.5. The van der Waals surface area contributed by atoms with Gasteiger partial charge >= 0.3 is 0 Å². The molecule has 1 aromatic carbocycles. The van der Waals surface area contributed by atoms with E-state index in [9.17, 15) is 9.18 Å². The number of carbonyl (C=O) groups is 1. The monoisotopic (exact) mass is 340 g/mol. The highest BCUT2D eigenvalue weighted by Crippen LogP contribution is 2.23. The molecule has 1 N–H and O–H groups in total. The summed E-state index contributed by atoms with van der Waals surface area (Å²) in [4.78, 5) is 16.5. The number of halogens is 1. The summed E-state index contributed by atoms with van der Waals surface area (Å²) in [5.74, 6) is 0.0344. The SMILES string of the molecule is Cc1c(C(=O)NCc2cccnc2Oc2cccc(F)c2)cnn1C. The third-order valence-corrected chi connectivity index (χ3v) is 3.78. The van der Waals surface area contributed by atoms with Gasteiger partial charge in [-0.1, -0.05) is 12.1 Å². The lowest BCUT2D eigenvalue weighted by atomic mass is 10.2. The molecule has 7 heteroatoms. The number of hydrogen-bond donors (Lipinski definition) is 1. The summed E-state index contributed by atoms with van der Waals surface area (Å²) in [5, 5.41) is 6.88. The zero-order valence-electron chi connectivity index (χ0n) is 13.9. The van der Waals surface area contributed by atoms with Crippen LogP contribution in [0.1, 0.15) is 21.6 Å². The van der Waals surface area contributed by atoms with Gasteiger partial charge in [0.2, 0.25) is 5.88 Å². The van der Waals surface area contributed by atoms with Gasteiger partial charge in [0.05, 0.1) is 11.8 Å². The predicted molar refractivity (Wildman–Crippen MR) is 89.8 cm³/mol. The molecule has 0 radical (unpaired) electrons. The number of rotatable bonds is 5. The number of aromatic nitrogens is 3. The van der Waals surface area contributed by atoms with Gasteiger partial charge in [0.1, 0.15) is 11.6 Å². The van der Waals surface area contributed by atoms with Crippen molar-refractivity contribution in [2.24, 2.45) is 7.05 Å². The molecule has 0 aliphatic heterocycles. The molecule has 0 atom stereocenters. The first-order valence-corrected chi connectivity index (χ1v) is 7.68. The molecule has 3 aromatic rings. The van der Waals surface area contributed by atoms with Crippen LogP contribution in [0, 0.1) is 12.7 Å². The minimum Gasteiger partial charge on any atom is -0.439 e. The van der Waals surface area contributed by atoms with Gasteiger partial charge in [-0.25, -0.2) is 9.37 Å². The van der Waals surface area contributed by atoms with Crippen molar-refractivity contribution in [2.45, 2.75) is 13.5 Å². The quantitative estimate of drug-likeness (QED) is 0.775. The second-order valence-electron chi connectivity index (χ2n) is 5.48. The Morgan fingerprint density at radius 3 is 2.88 bits per heavy atom. The molecule has 1 amide bonds. The van der Waals surface area contributed by atoms with Crippen molar-refractivity contribution in [1.29, 1.82) is 0 Å². The molecule has 0 saturated carbocycles. The first kappa shape index (κ1) is 16.6. The Morgan fingerprint density at radius 2 is 2.16 bits per heavy atom. The summed E-state index contributed by atoms with van der Waals surface area (Å²) in [6.45, 7) is 2.05. The van der Waals surface area contributed by atoms with Crippen molar-refractivity contribution in [2.75, 3.05) is 0 Å². The van der Waals surface area contributed by atoms with E-state index in [0.717, 1.165) is 5.69 Å². The lowest BCUT2D eigenvalue weighted by Gasteiger charge is -2.11. The number of pyridine rings is 1. The molecule has 2 aromatic heterocycles. The van der Waals surface area contributed by atoms with Gasteiger partial charge in [0.25, 0.3) is 5.91 Å². The zero-order valence-corrected chi connectivity index (χ0v) is 13.9. The van der Waals surface area contributed by atoms with E-state index in [-0.39, 0.29) is 12.5 Å². The molecule has 128 valence electrons. The van der Waals surface area contributed by atoms with Crippen molar-refractivity contribution < 1.29 is 13.9 Å². The number of nitrogens with one attached hydrogen (secondary N) is 1. The standard InChI is InChI=1S/C18H17FN4O2/c1-12-16(11-22-23(12)2)17(24)21-10-13-5-4-8-20-18(13)25-15-7-3-6-14(19)9-15/h3-9,11H,10H2,1-2H3,(H,21,24). The summed E-state index contributed by atoms with van der Waals surface area (Å²) in [7, 11) is 1.78. The molecule has 6 nitrogen and oxygen atoms in total. The van der Waals surface area contributed by atoms with Crippen molar-refractivity contribution in [3.63, 3.8) is 0 Å². The summed E-state index contributed by atoms with van der Waals surface area (Å²) in [6, 6.07) is 9.34. The Bertz CT molecular complexity index is 908. The Labute approximate surface area is 144 Å². The predicted octanol–water partition coefficient (Wildman–Crippen LogP) is 2.98. The number of benzene rings is 1. The lowest BCUT2D eigenvalue weighted by Crippen LogP contribution is -2.23. The molecule has 0 bridgehead atoms. The second kappa shape index (κ2) is 7.12. The van der Waals surface area contributed by atoms with E-state index in [1.54, 1.807) is 42.2 Å². The highest BCUT2D eigenvalue weighted by Gasteiger charge is 2.14. The van der Waals surface area contributed by atoms with Crippen LogP contribution >= 0.6 is 0 Å². The lowest BCUT2D eigenvalue weighted by molar-refractivity contribution is 0.0950. The highest BCUT2D eigenvalue weighted by atomic mass is 19.1. The fraction of sp³-hybridized carbons (Fsp3) is 0.167. The van der Waals surface area contributed by atoms with Gasteiger partial charge in [-0.3, -0.25) is 9.48 Å². The number of carbonyl (C=O) groups excluding carboxylic acids is 1. The van der Waals surface area contributed by atoms with Gasteiger partial charge in [-0.05, 0) is 25.1 Å². The van der Waals surface area contributed by atoms with Crippen LogP contribution < -0.4 is 10.1 Å². The van der Waals surface area contributed by atoms with E-state index >= 15 is 0 Å². The third kappa shape index (κ3) is 3.82. The molecular weight excluding hydrogens is 323 g/mol. The molecule has 25 heavy (non-hydrogen) atoms. The second-order valence-corrected chi connectivity index (χ2v) is 5.48. The van der Waals surface area contributed by atoms with Crippen LogP contribution in [0.4, 0.5) is 4.39 Å². The van der Waals surface area contributed by atoms with Gasteiger partial charge in [-0.15, -0.1) is 0 Å². The summed E-state index contributed by atoms with van der Waals surface area (Å²) in [5.41, 5.74) is 1.97. The van der Waals surface area contributed by atoms with Crippen LogP contribution in [0.15, 0.2) is 48.8 Å². The Morgan fingerprint density at radius 1 is 1.32 bits per heavy atom. The highest BCUT2D eigenvalue weighted by molar-refractivity contribution is 5.95. The number of ether oxygens (including phenoxy) is 1. The van der Waals surface area contributed by atoms with E-state index in [1.807, 2.05) is 6.92 Å². The largest absolute Gasteiger partial charge is 0.439 e. The smallest absolute Gasteiger partial charge is 0.255 e. The van der Waals surface area contributed by atoms with Crippen molar-refractivity contribution in [1.82, 2.24) is 20.1 Å². The Hall–Kier alpha value is -3.22. The number of aryl methyl sites for hydroxylation is 1. The average Bonchev–Trinajstić information content (AvgIpc) is 2.93. The number of nitrogens with zero attached hydrogens (tertiary/aromatic N) is 3. The first-order chi connectivity index (χ1) is 12.0. The minimum atomic E-state index is -0.393. The molecule has 2 heterocycles. The molecular formula is C18H17FN4O2. The van der Waals surface area contributed by atoms with E-state index in [0.29, 0.717) is 22.8 Å². The van der Waals surface area contributed by atoms with Gasteiger partial charge in [-0.2, -0.15) is 5.10 Å². The van der Waals surface area contributed by atoms with Crippen LogP contribution in [-0.4, -0.2) is 20.7 Å². The Balaban J connectivity index is 1.73. The maximum Gasteiger partial charge on any atom is 0.255 e. The zero-order chi connectivity index (χ0) is 17.8. The molecule has 0 unspecified atom stereocenters. The molecule has 0 aliphatic rings. The van der Waals surface area contributed by atoms with E-state index < -0.39 is 5.82 Å². The maximum atomic E-state index is 13.3. The summed E-state index contributed by atoms with van der Waals surface area (Å²) >= 11 is 0. The van der Waals surface area contributed by atoms with E-state index in [2.05, 4.69) is 15.4 Å². The van der Waals surface area contributed by atoms with Crippen molar-refractivity contribution in [3.05, 3.63) is 71.4 Å². The van der Waals surface area contributed by atoms with E-state index in [4.69, 9.17) is 4.74 Å². The molecule has 0 saturated heterocycles. The van der Waals surface area contributed by atoms with Gasteiger partial charge in [0, 0.05) is 37.1 Å². The maximum absolute atomic E-state index is 13.3. The fourth-order valence-electron chi connectivity index (χ4n) is 2.29. The topological polar surface area (TPSA) is 69.0 Å². The minimum absolute atomic E-state index is 0.228. The van der Waals surface area contributed by atoms with Gasteiger partial charge < -0.3 is 10.1 Å². The van der Waals surface area contributed by atoms with Crippen molar-refractivity contribution in [3.8, 4) is 11.6 Å². The van der Waals surface area contributed by atoms with Crippen LogP contribution in [-0.2, 0) is 13.6 Å². The third-order valence-electron chi connectivity index (χ3n) is 3.78. The average molecular weight is 340 g/mol. The number of amides is 1. The van der Waals surface area contributed by atoms with Crippen LogP contribution in [0.2, 0.25) is 0 Å². The summed E-state index contributed by atoms with van der Waals surface area (Å²) in [6.07, 6.45) is 3.10. The molecule has 0 fully saturated rings. The fourth-order valence-corrected chi connectivity index (χ4v) is 2.29. The first-order valence-electron chi connectivity index (χ1n) is 7.68.